The van der Waals surface area contributed by atoms with Gasteiger partial charge in [0.2, 0.25) is 11.7 Å². The number of ether oxygens (including phenoxy) is 2. The molecule has 0 bridgehead atoms. The molecule has 1 aliphatic rings. The van der Waals surface area contributed by atoms with E-state index in [0.29, 0.717) is 0 Å². The lowest BCUT2D eigenvalue weighted by Crippen LogP contribution is -2.52. The summed E-state index contributed by atoms with van der Waals surface area (Å²) in [5.41, 5.74) is -0.361. The number of carboxylic acid groups (broad SMARTS) is 1. The van der Waals surface area contributed by atoms with E-state index in [4.69, 9.17) is 9.84 Å². The molecule has 0 saturated carbocycles. The van der Waals surface area contributed by atoms with Gasteiger partial charge in [0.25, 0.3) is 0 Å². The van der Waals surface area contributed by atoms with E-state index in [-0.39, 0.29) is 12.0 Å². The van der Waals surface area contributed by atoms with Crippen molar-refractivity contribution in [3.8, 4) is 0 Å². The summed E-state index contributed by atoms with van der Waals surface area (Å²) in [7, 11) is 0. The van der Waals surface area contributed by atoms with Gasteiger partial charge in [-0.15, -0.1) is 0 Å². The zero-order valence-corrected chi connectivity index (χ0v) is 10.7. The van der Waals surface area contributed by atoms with E-state index >= 15 is 0 Å². The molecule has 0 aromatic heterocycles. The van der Waals surface area contributed by atoms with Gasteiger partial charge < -0.3 is 19.1 Å². The van der Waals surface area contributed by atoms with Gasteiger partial charge in [-0.1, -0.05) is 30.9 Å². The minimum Gasteiger partial charge on any atom is -0.596 e. The van der Waals surface area contributed by atoms with Crippen molar-refractivity contribution >= 4 is 17.5 Å². The molecular formula is C10H19NO5S. The number of carbonyl (C=O) groups is 1. The molecule has 2 N–H and O–H groups in total. The molecule has 0 radical (unpaired) electrons. The largest absolute Gasteiger partial charge is 0.596 e. The standard InChI is InChI=1S/C10H19NO5S/c1-2-3-4-5-6-9-15-7-8(11-17(9)14)16-10(12)13/h8-9,11H,2-7H2,1H3,(H,12,13). The van der Waals surface area contributed by atoms with Crippen LogP contribution in [0.15, 0.2) is 0 Å². The van der Waals surface area contributed by atoms with Crippen LogP contribution in [0.5, 0.6) is 0 Å². The van der Waals surface area contributed by atoms with Gasteiger partial charge in [0, 0.05) is 6.42 Å². The maximum atomic E-state index is 11.7. The van der Waals surface area contributed by atoms with Gasteiger partial charge >= 0.3 is 6.16 Å². The summed E-state index contributed by atoms with van der Waals surface area (Å²) in [6.07, 6.45) is 2.88. The van der Waals surface area contributed by atoms with Gasteiger partial charge in [-0.2, -0.15) is 0 Å². The van der Waals surface area contributed by atoms with E-state index in [1.165, 1.54) is 0 Å². The molecule has 7 heteroatoms. The van der Waals surface area contributed by atoms with Crippen LogP contribution in [0.3, 0.4) is 0 Å². The van der Waals surface area contributed by atoms with Gasteiger partial charge in [-0.3, -0.25) is 0 Å². The van der Waals surface area contributed by atoms with Crippen molar-refractivity contribution in [3.63, 3.8) is 0 Å². The second-order valence-electron chi connectivity index (χ2n) is 3.90. The number of rotatable bonds is 6. The van der Waals surface area contributed by atoms with Crippen LogP contribution in [0, 0.1) is 0 Å². The van der Waals surface area contributed by atoms with E-state index < -0.39 is 23.7 Å². The van der Waals surface area contributed by atoms with Crippen LogP contribution in [0.25, 0.3) is 0 Å². The molecule has 1 aliphatic heterocycles. The number of unbranched alkanes of at least 4 members (excludes halogenated alkanes) is 3. The highest BCUT2D eigenvalue weighted by molar-refractivity contribution is 7.90. The first-order chi connectivity index (χ1) is 8.13. The zero-order chi connectivity index (χ0) is 12.7. The third-order valence-electron chi connectivity index (χ3n) is 2.46. The zero-order valence-electron chi connectivity index (χ0n) is 9.89. The third-order valence-corrected chi connectivity index (χ3v) is 3.80. The van der Waals surface area contributed by atoms with Crippen molar-refractivity contribution < 1.29 is 23.9 Å². The summed E-state index contributed by atoms with van der Waals surface area (Å²) in [6, 6.07) is 0. The van der Waals surface area contributed by atoms with Crippen LogP contribution in [0.1, 0.15) is 39.0 Å². The van der Waals surface area contributed by atoms with Crippen LogP contribution in [-0.4, -0.2) is 34.1 Å². The molecular weight excluding hydrogens is 246 g/mol. The average Bonchev–Trinajstić information content (AvgIpc) is 2.26. The maximum absolute atomic E-state index is 11.7. The topological polar surface area (TPSA) is 90.9 Å². The van der Waals surface area contributed by atoms with Crippen molar-refractivity contribution in [3.05, 3.63) is 0 Å². The SMILES string of the molecule is CCCCCCC1OCC(OC(=O)O)N[S+]1[O-]. The fraction of sp³-hybridized carbons (Fsp3) is 0.900. The Morgan fingerprint density at radius 3 is 2.94 bits per heavy atom. The summed E-state index contributed by atoms with van der Waals surface area (Å²) in [5.74, 6) is 0. The van der Waals surface area contributed by atoms with Gasteiger partial charge in [0.1, 0.15) is 6.61 Å². The first-order valence-corrected chi connectivity index (χ1v) is 7.02. The molecule has 3 unspecified atom stereocenters. The highest BCUT2D eigenvalue weighted by Crippen LogP contribution is 2.17. The predicted molar refractivity (Wildman–Crippen MR) is 62.7 cm³/mol. The van der Waals surface area contributed by atoms with Gasteiger partial charge in [-0.05, 0) is 6.42 Å². The normalized spacial score (nSPS) is 28.9. The lowest BCUT2D eigenvalue weighted by atomic mass is 10.2. The molecule has 17 heavy (non-hydrogen) atoms. The van der Waals surface area contributed by atoms with Crippen molar-refractivity contribution in [1.82, 2.24) is 4.72 Å². The Balaban J connectivity index is 2.20. The molecule has 100 valence electrons. The van der Waals surface area contributed by atoms with Gasteiger partial charge in [0.05, 0.1) is 11.4 Å². The Morgan fingerprint density at radius 2 is 2.35 bits per heavy atom. The van der Waals surface area contributed by atoms with Crippen LogP contribution in [0.4, 0.5) is 4.79 Å². The first kappa shape index (κ1) is 14.6. The number of hydrogen-bond acceptors (Lipinski definition) is 5. The highest BCUT2D eigenvalue weighted by atomic mass is 32.2. The second-order valence-corrected chi connectivity index (χ2v) is 5.26. The van der Waals surface area contributed by atoms with E-state index in [1.807, 2.05) is 0 Å². The Bertz CT molecular complexity index is 241. The maximum Gasteiger partial charge on any atom is 0.507 e. The van der Waals surface area contributed by atoms with Gasteiger partial charge in [0.15, 0.2) is 0 Å². The van der Waals surface area contributed by atoms with Crippen molar-refractivity contribution in [2.45, 2.75) is 50.7 Å². The Morgan fingerprint density at radius 1 is 1.59 bits per heavy atom. The van der Waals surface area contributed by atoms with Crippen molar-refractivity contribution in [1.29, 1.82) is 0 Å². The molecule has 0 aliphatic carbocycles. The number of nitrogens with one attached hydrogen (secondary N) is 1. The quantitative estimate of drug-likeness (QED) is 0.430. The summed E-state index contributed by atoms with van der Waals surface area (Å²) >= 11 is -1.39. The fourth-order valence-electron chi connectivity index (χ4n) is 1.60. The molecule has 0 spiro atoms. The molecule has 0 aromatic carbocycles. The Kier molecular flexibility index (Phi) is 6.64. The molecule has 1 saturated heterocycles. The van der Waals surface area contributed by atoms with E-state index in [2.05, 4.69) is 16.4 Å². The molecule has 1 fully saturated rings. The molecule has 0 amide bonds. The second kappa shape index (κ2) is 7.75. The summed E-state index contributed by atoms with van der Waals surface area (Å²) in [4.78, 5) is 10.3. The summed E-state index contributed by atoms with van der Waals surface area (Å²) < 4.78 is 24.0. The predicted octanol–water partition coefficient (Wildman–Crippen LogP) is 1.59. The first-order valence-electron chi connectivity index (χ1n) is 5.81. The summed E-state index contributed by atoms with van der Waals surface area (Å²) in [6.45, 7) is 2.24. The lowest BCUT2D eigenvalue weighted by molar-refractivity contribution is -0.0298. The van der Waals surface area contributed by atoms with Crippen LogP contribution in [-0.2, 0) is 20.8 Å². The van der Waals surface area contributed by atoms with E-state index in [0.717, 1.165) is 32.1 Å². The molecule has 0 aromatic rings. The minimum absolute atomic E-state index is 0.108. The molecule has 3 atom stereocenters. The van der Waals surface area contributed by atoms with Gasteiger partial charge in [-0.25, -0.2) is 4.79 Å². The van der Waals surface area contributed by atoms with E-state index in [9.17, 15) is 9.35 Å². The van der Waals surface area contributed by atoms with Crippen molar-refractivity contribution in [2.24, 2.45) is 0 Å². The molecule has 6 nitrogen and oxygen atoms in total. The molecule has 1 rings (SSSR count). The van der Waals surface area contributed by atoms with Crippen LogP contribution in [0.2, 0.25) is 0 Å². The highest BCUT2D eigenvalue weighted by Gasteiger charge is 2.34. The Labute approximate surface area is 104 Å². The lowest BCUT2D eigenvalue weighted by Gasteiger charge is -2.30. The average molecular weight is 265 g/mol. The smallest absolute Gasteiger partial charge is 0.507 e. The fourth-order valence-corrected chi connectivity index (χ4v) is 2.71. The van der Waals surface area contributed by atoms with Crippen molar-refractivity contribution in [2.75, 3.05) is 6.61 Å². The monoisotopic (exact) mass is 265 g/mol. The van der Waals surface area contributed by atoms with Crippen LogP contribution < -0.4 is 4.72 Å². The Hall–Kier alpha value is -0.500. The minimum atomic E-state index is -1.40. The summed E-state index contributed by atoms with van der Waals surface area (Å²) in [5, 5.41) is 8.40. The van der Waals surface area contributed by atoms with E-state index in [1.54, 1.807) is 0 Å². The molecule has 1 heterocycles. The number of hydrogen-bond donors (Lipinski definition) is 2. The third kappa shape index (κ3) is 5.58. The van der Waals surface area contributed by atoms with Crippen LogP contribution >= 0.6 is 0 Å².